The summed E-state index contributed by atoms with van der Waals surface area (Å²) < 4.78 is 24.8. The summed E-state index contributed by atoms with van der Waals surface area (Å²) in [5, 5.41) is 6.14. The number of amides is 1. The van der Waals surface area contributed by atoms with Crippen LogP contribution in [0.25, 0.3) is 0 Å². The van der Waals surface area contributed by atoms with E-state index < -0.39 is 6.09 Å². The van der Waals surface area contributed by atoms with Crippen molar-refractivity contribution in [3.63, 3.8) is 0 Å². The Hall–Kier alpha value is -3.29. The average molecular weight is 435 g/mol. The van der Waals surface area contributed by atoms with Crippen LogP contribution in [0.3, 0.4) is 0 Å². The minimum Gasteiger partial charge on any atom is -0.391 e. The number of nitrogens with one attached hydrogen (secondary N) is 2. The summed E-state index contributed by atoms with van der Waals surface area (Å²) in [6.07, 6.45) is 1.91. The van der Waals surface area contributed by atoms with Gasteiger partial charge in [0.05, 0.1) is 12.7 Å². The van der Waals surface area contributed by atoms with Gasteiger partial charge in [0.25, 0.3) is 0 Å². The normalized spacial score (nSPS) is 18.2. The Bertz CT molecular complexity index is 1010. The van der Waals surface area contributed by atoms with E-state index in [0.717, 1.165) is 36.2 Å². The van der Waals surface area contributed by atoms with E-state index in [4.69, 9.17) is 9.47 Å². The molecule has 1 amide bonds. The maximum absolute atomic E-state index is 13.3. The van der Waals surface area contributed by atoms with Gasteiger partial charge in [-0.2, -0.15) is 0 Å². The van der Waals surface area contributed by atoms with Crippen molar-refractivity contribution in [1.29, 1.82) is 0 Å². The fourth-order valence-electron chi connectivity index (χ4n) is 3.87. The van der Waals surface area contributed by atoms with Crippen LogP contribution in [0.5, 0.6) is 5.88 Å². The number of benzene rings is 2. The summed E-state index contributed by atoms with van der Waals surface area (Å²) in [6, 6.07) is 19.6. The van der Waals surface area contributed by atoms with Crippen LogP contribution in [-0.4, -0.2) is 30.3 Å². The van der Waals surface area contributed by atoms with Crippen molar-refractivity contribution in [3.8, 4) is 5.88 Å². The molecular weight excluding hydrogens is 409 g/mol. The second-order valence-corrected chi connectivity index (χ2v) is 7.68. The fraction of sp³-hybridized carbons (Fsp3) is 0.280. The van der Waals surface area contributed by atoms with Crippen LogP contribution in [0, 0.1) is 5.82 Å². The van der Waals surface area contributed by atoms with Crippen molar-refractivity contribution in [2.45, 2.75) is 31.6 Å². The van der Waals surface area contributed by atoms with E-state index in [1.54, 1.807) is 24.4 Å². The lowest BCUT2D eigenvalue weighted by atomic mass is 9.87. The van der Waals surface area contributed by atoms with Gasteiger partial charge in [0.15, 0.2) is 0 Å². The smallest absolute Gasteiger partial charge is 0.391 e. The predicted octanol–water partition coefficient (Wildman–Crippen LogP) is 4.17. The van der Waals surface area contributed by atoms with Gasteiger partial charge in [-0.05, 0) is 47.9 Å². The van der Waals surface area contributed by atoms with Gasteiger partial charge in [-0.25, -0.2) is 14.2 Å². The van der Waals surface area contributed by atoms with Gasteiger partial charge in [-0.15, -0.1) is 0 Å². The molecule has 6 nitrogen and oxygen atoms in total. The molecule has 1 saturated heterocycles. The summed E-state index contributed by atoms with van der Waals surface area (Å²) in [7, 11) is 0. The molecule has 1 aromatic heterocycles. The Morgan fingerprint density at radius 1 is 1.06 bits per heavy atom. The van der Waals surface area contributed by atoms with Gasteiger partial charge in [-0.3, -0.25) is 0 Å². The molecule has 2 atom stereocenters. The van der Waals surface area contributed by atoms with E-state index in [1.165, 1.54) is 12.1 Å². The number of hydrogen-bond acceptors (Lipinski definition) is 5. The molecule has 2 unspecified atom stereocenters. The summed E-state index contributed by atoms with van der Waals surface area (Å²) in [4.78, 5) is 16.1. The third-order valence-electron chi connectivity index (χ3n) is 5.55. The Labute approximate surface area is 186 Å². The lowest BCUT2D eigenvalue weighted by molar-refractivity contribution is 0.0103. The molecule has 2 heterocycles. The molecule has 4 rings (SSSR count). The zero-order chi connectivity index (χ0) is 22.2. The first-order valence-corrected chi connectivity index (χ1v) is 10.7. The maximum atomic E-state index is 13.3. The van der Waals surface area contributed by atoms with Crippen molar-refractivity contribution in [2.24, 2.45) is 0 Å². The SMILES string of the molecule is O=C(NCc1ccccc1COC1CNCCC1c1ccc(F)cc1)Oc1ccccn1. The van der Waals surface area contributed by atoms with Crippen LogP contribution >= 0.6 is 0 Å². The molecule has 1 aliphatic heterocycles. The molecule has 3 aromatic rings. The number of ether oxygens (including phenoxy) is 2. The van der Waals surface area contributed by atoms with Crippen molar-refractivity contribution < 1.29 is 18.7 Å². The molecule has 2 aromatic carbocycles. The summed E-state index contributed by atoms with van der Waals surface area (Å²) in [5.74, 6) is 0.219. The third kappa shape index (κ3) is 5.90. The lowest BCUT2D eigenvalue weighted by Gasteiger charge is -2.32. The van der Waals surface area contributed by atoms with Crippen LogP contribution < -0.4 is 15.4 Å². The molecule has 0 spiro atoms. The molecule has 0 bridgehead atoms. The molecule has 7 heteroatoms. The topological polar surface area (TPSA) is 72.5 Å². The maximum Gasteiger partial charge on any atom is 0.414 e. The van der Waals surface area contributed by atoms with Gasteiger partial charge in [0.1, 0.15) is 5.82 Å². The Balaban J connectivity index is 1.36. The second kappa shape index (κ2) is 10.8. The van der Waals surface area contributed by atoms with E-state index in [0.29, 0.717) is 13.2 Å². The Kier molecular flexibility index (Phi) is 7.42. The van der Waals surface area contributed by atoms with E-state index in [1.807, 2.05) is 36.4 Å². The Morgan fingerprint density at radius 3 is 2.62 bits per heavy atom. The van der Waals surface area contributed by atoms with Crippen LogP contribution in [0.1, 0.15) is 29.0 Å². The number of halogens is 1. The second-order valence-electron chi connectivity index (χ2n) is 7.68. The number of aromatic nitrogens is 1. The van der Waals surface area contributed by atoms with E-state index >= 15 is 0 Å². The number of rotatable bonds is 7. The molecule has 0 radical (unpaired) electrons. The largest absolute Gasteiger partial charge is 0.414 e. The van der Waals surface area contributed by atoms with Crippen LogP contribution in [0.4, 0.5) is 9.18 Å². The van der Waals surface area contributed by atoms with Crippen LogP contribution in [-0.2, 0) is 17.9 Å². The van der Waals surface area contributed by atoms with Crippen molar-refractivity contribution in [1.82, 2.24) is 15.6 Å². The van der Waals surface area contributed by atoms with Gasteiger partial charge in [0.2, 0.25) is 5.88 Å². The van der Waals surface area contributed by atoms with Crippen molar-refractivity contribution in [2.75, 3.05) is 13.1 Å². The summed E-state index contributed by atoms with van der Waals surface area (Å²) in [5.41, 5.74) is 3.03. The number of carbonyl (C=O) groups is 1. The average Bonchev–Trinajstić information content (AvgIpc) is 2.83. The number of hydrogen-bond donors (Lipinski definition) is 2. The number of piperidine rings is 1. The van der Waals surface area contributed by atoms with Crippen LogP contribution in [0.15, 0.2) is 72.9 Å². The molecule has 32 heavy (non-hydrogen) atoms. The molecule has 2 N–H and O–H groups in total. The minimum atomic E-state index is -0.563. The highest BCUT2D eigenvalue weighted by Crippen LogP contribution is 2.28. The number of carbonyl (C=O) groups excluding carboxylic acids is 1. The lowest BCUT2D eigenvalue weighted by Crippen LogP contribution is -2.41. The first kappa shape index (κ1) is 21.9. The van der Waals surface area contributed by atoms with E-state index in [2.05, 4.69) is 15.6 Å². The quantitative estimate of drug-likeness (QED) is 0.583. The van der Waals surface area contributed by atoms with Gasteiger partial charge in [0, 0.05) is 31.3 Å². The Morgan fingerprint density at radius 2 is 1.84 bits per heavy atom. The van der Waals surface area contributed by atoms with Crippen molar-refractivity contribution >= 4 is 6.09 Å². The first-order chi connectivity index (χ1) is 15.7. The van der Waals surface area contributed by atoms with E-state index in [9.17, 15) is 9.18 Å². The highest BCUT2D eigenvalue weighted by Gasteiger charge is 2.27. The first-order valence-electron chi connectivity index (χ1n) is 10.7. The minimum absolute atomic E-state index is 0.0238. The fourth-order valence-corrected chi connectivity index (χ4v) is 3.87. The summed E-state index contributed by atoms with van der Waals surface area (Å²) in [6.45, 7) is 2.37. The number of pyridine rings is 1. The molecule has 1 aliphatic rings. The monoisotopic (exact) mass is 435 g/mol. The summed E-state index contributed by atoms with van der Waals surface area (Å²) >= 11 is 0. The molecular formula is C25H26FN3O3. The zero-order valence-electron chi connectivity index (χ0n) is 17.7. The third-order valence-corrected chi connectivity index (χ3v) is 5.55. The highest BCUT2D eigenvalue weighted by molar-refractivity contribution is 5.69. The molecule has 0 saturated carbocycles. The van der Waals surface area contributed by atoms with Gasteiger partial charge < -0.3 is 20.1 Å². The number of nitrogens with zero attached hydrogens (tertiary/aromatic N) is 1. The standard InChI is InChI=1S/C25H26FN3O3/c26-21-10-8-18(9-11-21)22-12-14-27-16-23(22)31-17-20-6-2-1-5-19(20)15-29-25(30)32-24-7-3-4-13-28-24/h1-11,13,22-23,27H,12,14-17H2,(H,29,30). The molecule has 0 aliphatic carbocycles. The van der Waals surface area contributed by atoms with Crippen LogP contribution in [0.2, 0.25) is 0 Å². The van der Waals surface area contributed by atoms with Gasteiger partial charge >= 0.3 is 6.09 Å². The van der Waals surface area contributed by atoms with Gasteiger partial charge in [-0.1, -0.05) is 42.5 Å². The molecule has 166 valence electrons. The molecule has 1 fully saturated rings. The predicted molar refractivity (Wildman–Crippen MR) is 119 cm³/mol. The highest BCUT2D eigenvalue weighted by atomic mass is 19.1. The zero-order valence-corrected chi connectivity index (χ0v) is 17.7. The van der Waals surface area contributed by atoms with Crippen molar-refractivity contribution in [3.05, 3.63) is 95.4 Å². The van der Waals surface area contributed by atoms with E-state index in [-0.39, 0.29) is 23.7 Å².